The molecule has 8 aromatic rings. The highest BCUT2D eigenvalue weighted by Gasteiger charge is 2.16. The molecule has 0 atom stereocenters. The van der Waals surface area contributed by atoms with Gasteiger partial charge in [-0.15, -0.1) is 0 Å². The standard InChI is InChI=1S/C39H25N3/c1-2-11-27(12-3-1)39-41-36(29-14-8-13-28(22-29)31-15-9-21-40-25-31)24-37(42-39)35-23-30-20-19-26-10-4-5-16-32(26)38(30)34-18-7-6-17-33(34)35/h1-25H. The van der Waals surface area contributed by atoms with E-state index < -0.39 is 0 Å². The highest BCUT2D eigenvalue weighted by molar-refractivity contribution is 6.23. The van der Waals surface area contributed by atoms with Gasteiger partial charge in [0.15, 0.2) is 5.82 Å². The van der Waals surface area contributed by atoms with Gasteiger partial charge in [-0.3, -0.25) is 4.98 Å². The second-order valence-corrected chi connectivity index (χ2v) is 10.5. The van der Waals surface area contributed by atoms with E-state index in [-0.39, 0.29) is 0 Å². The molecule has 42 heavy (non-hydrogen) atoms. The van der Waals surface area contributed by atoms with Crippen molar-refractivity contribution in [1.29, 1.82) is 0 Å². The smallest absolute Gasteiger partial charge is 0.160 e. The molecule has 0 aliphatic rings. The van der Waals surface area contributed by atoms with E-state index in [0.717, 1.165) is 39.2 Å². The van der Waals surface area contributed by atoms with E-state index in [1.807, 2.05) is 30.5 Å². The molecule has 2 heterocycles. The van der Waals surface area contributed by atoms with Crippen LogP contribution in [-0.2, 0) is 0 Å². The lowest BCUT2D eigenvalue weighted by Crippen LogP contribution is -1.97. The molecule has 0 saturated carbocycles. The predicted octanol–water partition coefficient (Wildman–Crippen LogP) is 10.00. The van der Waals surface area contributed by atoms with Gasteiger partial charge in [-0.05, 0) is 62.1 Å². The molecule has 0 aliphatic heterocycles. The van der Waals surface area contributed by atoms with Gasteiger partial charge in [-0.1, -0.05) is 115 Å². The zero-order valence-electron chi connectivity index (χ0n) is 22.8. The quantitative estimate of drug-likeness (QED) is 0.211. The zero-order valence-corrected chi connectivity index (χ0v) is 22.8. The van der Waals surface area contributed by atoms with Crippen molar-refractivity contribution in [3.05, 3.63) is 152 Å². The number of hydrogen-bond donors (Lipinski definition) is 0. The van der Waals surface area contributed by atoms with Crippen molar-refractivity contribution in [2.24, 2.45) is 0 Å². The molecule has 2 aromatic heterocycles. The normalized spacial score (nSPS) is 11.3. The Morgan fingerprint density at radius 3 is 1.95 bits per heavy atom. The van der Waals surface area contributed by atoms with Gasteiger partial charge < -0.3 is 0 Å². The van der Waals surface area contributed by atoms with E-state index in [9.17, 15) is 0 Å². The van der Waals surface area contributed by atoms with Crippen molar-refractivity contribution in [3.8, 4) is 45.0 Å². The summed E-state index contributed by atoms with van der Waals surface area (Å²) in [5.41, 5.74) is 7.07. The maximum Gasteiger partial charge on any atom is 0.160 e. The average molecular weight is 536 g/mol. The zero-order chi connectivity index (χ0) is 27.9. The number of rotatable bonds is 4. The van der Waals surface area contributed by atoms with E-state index in [2.05, 4.69) is 120 Å². The molecular weight excluding hydrogens is 510 g/mol. The number of benzene rings is 6. The van der Waals surface area contributed by atoms with Crippen LogP contribution < -0.4 is 0 Å². The van der Waals surface area contributed by atoms with Gasteiger partial charge in [0.05, 0.1) is 11.4 Å². The molecule has 6 aromatic carbocycles. The Bertz CT molecular complexity index is 2240. The molecule has 0 spiro atoms. The molecule has 0 saturated heterocycles. The Labute approximate surface area is 243 Å². The minimum absolute atomic E-state index is 0.706. The summed E-state index contributed by atoms with van der Waals surface area (Å²) >= 11 is 0. The molecule has 3 heteroatoms. The molecule has 0 radical (unpaired) electrons. The molecule has 3 nitrogen and oxygen atoms in total. The fourth-order valence-electron chi connectivity index (χ4n) is 5.93. The third-order valence-corrected chi connectivity index (χ3v) is 7.93. The van der Waals surface area contributed by atoms with Gasteiger partial charge in [-0.2, -0.15) is 0 Å². The molecule has 0 unspecified atom stereocenters. The third-order valence-electron chi connectivity index (χ3n) is 7.93. The number of nitrogens with zero attached hydrogens (tertiary/aromatic N) is 3. The molecule has 0 N–H and O–H groups in total. The first-order chi connectivity index (χ1) is 20.8. The lowest BCUT2D eigenvalue weighted by molar-refractivity contribution is 1.19. The van der Waals surface area contributed by atoms with E-state index in [1.54, 1.807) is 6.20 Å². The number of fused-ring (bicyclic) bond motifs is 5. The first-order valence-electron chi connectivity index (χ1n) is 14.1. The number of aromatic nitrogens is 3. The highest BCUT2D eigenvalue weighted by Crippen LogP contribution is 2.39. The Kier molecular flexibility index (Phi) is 5.79. The van der Waals surface area contributed by atoms with Crippen molar-refractivity contribution < 1.29 is 0 Å². The predicted molar refractivity (Wildman–Crippen MR) is 174 cm³/mol. The SMILES string of the molecule is c1ccc(-c2nc(-c3cccc(-c4cccnc4)c3)cc(-c3cc4ccc5ccccc5c4c4ccccc34)n2)cc1. The Morgan fingerprint density at radius 1 is 0.405 bits per heavy atom. The Balaban J connectivity index is 1.40. The molecule has 8 rings (SSSR count). The summed E-state index contributed by atoms with van der Waals surface area (Å²) in [7, 11) is 0. The molecule has 0 bridgehead atoms. The largest absolute Gasteiger partial charge is 0.264 e. The summed E-state index contributed by atoms with van der Waals surface area (Å²) in [6, 6.07) is 48.9. The molecule has 0 amide bonds. The first-order valence-corrected chi connectivity index (χ1v) is 14.1. The van der Waals surface area contributed by atoms with Crippen LogP contribution in [0.25, 0.3) is 77.3 Å². The first kappa shape index (κ1) is 24.2. The third kappa shape index (κ3) is 4.20. The van der Waals surface area contributed by atoms with Crippen molar-refractivity contribution in [2.45, 2.75) is 0 Å². The van der Waals surface area contributed by atoms with E-state index in [1.165, 1.54) is 32.3 Å². The molecule has 0 aliphatic carbocycles. The fraction of sp³-hybridized carbons (Fsp3) is 0. The summed E-state index contributed by atoms with van der Waals surface area (Å²) < 4.78 is 0. The lowest BCUT2D eigenvalue weighted by Gasteiger charge is -2.15. The maximum atomic E-state index is 5.18. The van der Waals surface area contributed by atoms with Crippen LogP contribution in [-0.4, -0.2) is 15.0 Å². The van der Waals surface area contributed by atoms with Crippen LogP contribution in [0.5, 0.6) is 0 Å². The van der Waals surface area contributed by atoms with Crippen LogP contribution >= 0.6 is 0 Å². The highest BCUT2D eigenvalue weighted by atomic mass is 14.9. The van der Waals surface area contributed by atoms with Crippen molar-refractivity contribution in [1.82, 2.24) is 15.0 Å². The summed E-state index contributed by atoms with van der Waals surface area (Å²) in [5.74, 6) is 0.706. The van der Waals surface area contributed by atoms with Gasteiger partial charge in [0.25, 0.3) is 0 Å². The van der Waals surface area contributed by atoms with Gasteiger partial charge in [-0.25, -0.2) is 9.97 Å². The summed E-state index contributed by atoms with van der Waals surface area (Å²) in [6.07, 6.45) is 3.69. The summed E-state index contributed by atoms with van der Waals surface area (Å²) in [5, 5.41) is 7.37. The van der Waals surface area contributed by atoms with Crippen LogP contribution in [0, 0.1) is 0 Å². The van der Waals surface area contributed by atoms with Crippen LogP contribution in [0.2, 0.25) is 0 Å². The number of hydrogen-bond acceptors (Lipinski definition) is 3. The van der Waals surface area contributed by atoms with Crippen molar-refractivity contribution >= 4 is 32.3 Å². The van der Waals surface area contributed by atoms with Crippen LogP contribution in [0.4, 0.5) is 0 Å². The Hall–Kier alpha value is -5.67. The van der Waals surface area contributed by atoms with Crippen LogP contribution in [0.1, 0.15) is 0 Å². The van der Waals surface area contributed by atoms with Crippen molar-refractivity contribution in [3.63, 3.8) is 0 Å². The topological polar surface area (TPSA) is 38.7 Å². The maximum absolute atomic E-state index is 5.18. The van der Waals surface area contributed by atoms with Crippen LogP contribution in [0.3, 0.4) is 0 Å². The second kappa shape index (κ2) is 10.1. The number of pyridine rings is 1. The average Bonchev–Trinajstić information content (AvgIpc) is 3.08. The summed E-state index contributed by atoms with van der Waals surface area (Å²) in [4.78, 5) is 14.6. The van der Waals surface area contributed by atoms with E-state index in [0.29, 0.717) is 5.82 Å². The monoisotopic (exact) mass is 535 g/mol. The molecule has 0 fully saturated rings. The van der Waals surface area contributed by atoms with Crippen LogP contribution in [0.15, 0.2) is 152 Å². The van der Waals surface area contributed by atoms with Gasteiger partial charge in [0, 0.05) is 34.6 Å². The Morgan fingerprint density at radius 2 is 1.10 bits per heavy atom. The summed E-state index contributed by atoms with van der Waals surface area (Å²) in [6.45, 7) is 0. The minimum Gasteiger partial charge on any atom is -0.264 e. The van der Waals surface area contributed by atoms with Gasteiger partial charge >= 0.3 is 0 Å². The molecular formula is C39H25N3. The van der Waals surface area contributed by atoms with E-state index >= 15 is 0 Å². The minimum atomic E-state index is 0.706. The van der Waals surface area contributed by atoms with Gasteiger partial charge in [0.1, 0.15) is 0 Å². The molecule has 196 valence electrons. The lowest BCUT2D eigenvalue weighted by atomic mass is 9.92. The van der Waals surface area contributed by atoms with E-state index in [4.69, 9.17) is 9.97 Å². The second-order valence-electron chi connectivity index (χ2n) is 10.5. The van der Waals surface area contributed by atoms with Gasteiger partial charge in [0.2, 0.25) is 0 Å². The van der Waals surface area contributed by atoms with Crippen molar-refractivity contribution in [2.75, 3.05) is 0 Å². The fourth-order valence-corrected chi connectivity index (χ4v) is 5.93.